The lowest BCUT2D eigenvalue weighted by atomic mass is 9.78. The Hall–Kier alpha value is -3.73. The third-order valence-corrected chi connectivity index (χ3v) is 11.1. The van der Waals surface area contributed by atoms with Crippen LogP contribution < -0.4 is 5.32 Å². The number of benzene rings is 1. The zero-order chi connectivity index (χ0) is 35.4. The SMILES string of the molecule is CC1(C)C[C@@H]1C(=O)N1CC2(CCN(C(=O)c3cnn(Cc4ccccc4)c3)C2)C1.O=CN1CCCCC1.O=CNCCOCC1CCCCC1.[HH]. The van der Waals surface area contributed by atoms with Gasteiger partial charge in [-0.25, -0.2) is 0 Å². The summed E-state index contributed by atoms with van der Waals surface area (Å²) in [5.41, 5.74) is 2.08. The fourth-order valence-corrected chi connectivity index (χ4v) is 7.73. The number of amides is 4. The quantitative estimate of drug-likeness (QED) is 0.266. The number of carbonyl (C=O) groups excluding carboxylic acids is 4. The van der Waals surface area contributed by atoms with E-state index in [1.165, 1.54) is 51.4 Å². The predicted molar refractivity (Wildman–Crippen MR) is 194 cm³/mol. The van der Waals surface area contributed by atoms with Gasteiger partial charge in [0, 0.05) is 71.4 Å². The van der Waals surface area contributed by atoms with Gasteiger partial charge in [-0.3, -0.25) is 23.9 Å². The monoisotopic (exact) mass is 692 g/mol. The fourth-order valence-electron chi connectivity index (χ4n) is 7.73. The Labute approximate surface area is 299 Å². The average molecular weight is 693 g/mol. The summed E-state index contributed by atoms with van der Waals surface area (Å²) in [6, 6.07) is 10.1. The van der Waals surface area contributed by atoms with Crippen molar-refractivity contribution >= 4 is 24.6 Å². The van der Waals surface area contributed by atoms with E-state index in [1.807, 2.05) is 43.8 Å². The molecule has 50 heavy (non-hydrogen) atoms. The van der Waals surface area contributed by atoms with Gasteiger partial charge in [0.25, 0.3) is 5.91 Å². The maximum atomic E-state index is 13.0. The molecule has 2 aromatic rings. The highest BCUT2D eigenvalue weighted by atomic mass is 16.5. The third kappa shape index (κ3) is 10.6. The summed E-state index contributed by atoms with van der Waals surface area (Å²) in [6.45, 7) is 12.2. The highest BCUT2D eigenvalue weighted by Crippen LogP contribution is 2.54. The molecule has 4 amide bonds. The first kappa shape index (κ1) is 37.5. The van der Waals surface area contributed by atoms with Crippen molar-refractivity contribution in [2.75, 3.05) is 59.0 Å². The van der Waals surface area contributed by atoms with Gasteiger partial charge in [-0.1, -0.05) is 63.4 Å². The minimum atomic E-state index is 0. The number of hydrogen-bond donors (Lipinski definition) is 1. The molecule has 11 nitrogen and oxygen atoms in total. The van der Waals surface area contributed by atoms with Crippen molar-refractivity contribution in [3.05, 3.63) is 53.9 Å². The Bertz CT molecular complexity index is 1390. The topological polar surface area (TPSA) is 117 Å². The van der Waals surface area contributed by atoms with E-state index in [0.717, 1.165) is 76.6 Å². The van der Waals surface area contributed by atoms with Crippen LogP contribution in [-0.4, -0.2) is 108 Å². The third-order valence-electron chi connectivity index (χ3n) is 11.1. The van der Waals surface area contributed by atoms with Crippen LogP contribution in [0, 0.1) is 22.7 Å². The average Bonchev–Trinajstić information content (AvgIpc) is 3.44. The maximum Gasteiger partial charge on any atom is 0.257 e. The highest BCUT2D eigenvalue weighted by Gasteiger charge is 2.57. The Morgan fingerprint density at radius 1 is 0.960 bits per heavy atom. The molecule has 5 fully saturated rings. The molecule has 1 aromatic heterocycles. The van der Waals surface area contributed by atoms with Gasteiger partial charge in [0.05, 0.1) is 24.9 Å². The van der Waals surface area contributed by atoms with Crippen molar-refractivity contribution in [3.8, 4) is 0 Å². The zero-order valence-corrected chi connectivity index (χ0v) is 30.3. The molecule has 3 saturated heterocycles. The van der Waals surface area contributed by atoms with E-state index < -0.39 is 0 Å². The summed E-state index contributed by atoms with van der Waals surface area (Å²) in [7, 11) is 0. The molecule has 0 unspecified atom stereocenters. The molecule has 1 N–H and O–H groups in total. The molecule has 276 valence electrons. The van der Waals surface area contributed by atoms with Gasteiger partial charge in [-0.05, 0) is 61.8 Å². The summed E-state index contributed by atoms with van der Waals surface area (Å²) in [5.74, 6) is 1.33. The second-order valence-corrected chi connectivity index (χ2v) is 15.7. The first-order valence-electron chi connectivity index (χ1n) is 18.8. The van der Waals surface area contributed by atoms with E-state index in [9.17, 15) is 19.2 Å². The molecular weight excluding hydrogens is 632 g/mol. The summed E-state index contributed by atoms with van der Waals surface area (Å²) in [5, 5.41) is 6.95. The number of rotatable bonds is 11. The number of nitrogens with zero attached hydrogens (tertiary/aromatic N) is 5. The molecule has 2 saturated carbocycles. The number of piperidine rings is 1. The molecule has 1 atom stereocenters. The van der Waals surface area contributed by atoms with Crippen molar-refractivity contribution < 1.29 is 25.3 Å². The molecule has 7 rings (SSSR count). The molecule has 3 aliphatic heterocycles. The first-order chi connectivity index (χ1) is 24.2. The molecule has 4 heterocycles. The van der Waals surface area contributed by atoms with Crippen LogP contribution in [0.15, 0.2) is 42.7 Å². The van der Waals surface area contributed by atoms with E-state index >= 15 is 0 Å². The molecule has 1 aromatic carbocycles. The van der Waals surface area contributed by atoms with Gasteiger partial charge in [0.15, 0.2) is 0 Å². The maximum absolute atomic E-state index is 13.0. The Balaban J connectivity index is 0.000000219. The summed E-state index contributed by atoms with van der Waals surface area (Å²) in [6.07, 6.45) is 17.6. The van der Waals surface area contributed by atoms with Crippen LogP contribution >= 0.6 is 0 Å². The number of hydrogen-bond acceptors (Lipinski definition) is 6. The molecule has 5 aliphatic rings. The van der Waals surface area contributed by atoms with Crippen molar-refractivity contribution in [2.24, 2.45) is 22.7 Å². The number of ether oxygens (including phenoxy) is 1. The van der Waals surface area contributed by atoms with Crippen LogP contribution in [0.25, 0.3) is 0 Å². The Morgan fingerprint density at radius 2 is 1.64 bits per heavy atom. The van der Waals surface area contributed by atoms with Crippen LogP contribution in [-0.2, 0) is 25.7 Å². The molecule has 0 bridgehead atoms. The lowest BCUT2D eigenvalue weighted by molar-refractivity contribution is -0.144. The smallest absolute Gasteiger partial charge is 0.257 e. The van der Waals surface area contributed by atoms with Crippen molar-refractivity contribution in [3.63, 3.8) is 0 Å². The number of carbonyl (C=O) groups is 4. The van der Waals surface area contributed by atoms with Crippen LogP contribution in [0.1, 0.15) is 95.4 Å². The van der Waals surface area contributed by atoms with E-state index in [0.29, 0.717) is 37.6 Å². The van der Waals surface area contributed by atoms with Gasteiger partial charge in [-0.15, -0.1) is 0 Å². The Morgan fingerprint density at radius 3 is 2.28 bits per heavy atom. The lowest BCUT2D eigenvalue weighted by Gasteiger charge is -2.48. The highest BCUT2D eigenvalue weighted by molar-refractivity contribution is 5.94. The van der Waals surface area contributed by atoms with Crippen molar-refractivity contribution in [2.45, 2.75) is 84.6 Å². The number of likely N-dealkylation sites (tertiary alicyclic amines) is 3. The predicted octanol–water partition coefficient (Wildman–Crippen LogP) is 4.86. The largest absolute Gasteiger partial charge is 0.379 e. The first-order valence-corrected chi connectivity index (χ1v) is 18.8. The summed E-state index contributed by atoms with van der Waals surface area (Å²) >= 11 is 0. The molecule has 1 spiro atoms. The number of aromatic nitrogens is 2. The van der Waals surface area contributed by atoms with E-state index in [-0.39, 0.29) is 24.1 Å². The van der Waals surface area contributed by atoms with Crippen LogP contribution in [0.2, 0.25) is 0 Å². The van der Waals surface area contributed by atoms with Crippen molar-refractivity contribution in [1.82, 2.24) is 29.8 Å². The Kier molecular flexibility index (Phi) is 13.5. The van der Waals surface area contributed by atoms with E-state index in [2.05, 4.69) is 36.4 Å². The zero-order valence-electron chi connectivity index (χ0n) is 30.3. The van der Waals surface area contributed by atoms with Crippen LogP contribution in [0.5, 0.6) is 0 Å². The van der Waals surface area contributed by atoms with Crippen molar-refractivity contribution in [1.29, 1.82) is 0 Å². The van der Waals surface area contributed by atoms with Gasteiger partial charge in [0.1, 0.15) is 0 Å². The van der Waals surface area contributed by atoms with Gasteiger partial charge < -0.3 is 24.8 Å². The normalized spacial score (nSPS) is 22.0. The standard InChI is InChI=1S/C23H28N4O2.C10H19NO2.C6H11NO.H2/c1-22(2)10-19(22)21(29)26-15-23(16-26)8-9-25(14-23)20(28)18-11-24-27(13-18)12-17-6-4-3-5-7-17;12-9-11-6-7-13-8-10-4-2-1-3-5-10;8-6-7-4-2-1-3-5-7;/h3-7,11,13,19H,8-10,12,14-16H2,1-2H3;9-10H,1-8H2,(H,11,12);6H,1-5H2;1H/t19-;;;/m1.../s1. The van der Waals surface area contributed by atoms with Gasteiger partial charge >= 0.3 is 0 Å². The van der Waals surface area contributed by atoms with E-state index in [4.69, 9.17) is 4.74 Å². The van der Waals surface area contributed by atoms with Crippen LogP contribution in [0.3, 0.4) is 0 Å². The number of nitrogens with one attached hydrogen (secondary N) is 1. The molecule has 11 heteroatoms. The summed E-state index contributed by atoms with van der Waals surface area (Å²) in [4.78, 5) is 51.3. The summed E-state index contributed by atoms with van der Waals surface area (Å²) < 4.78 is 7.27. The fraction of sp³-hybridized carbons (Fsp3) is 0.667. The molecule has 2 aliphatic carbocycles. The molecular formula is C39H60N6O5. The lowest BCUT2D eigenvalue weighted by Crippen LogP contribution is -2.60. The van der Waals surface area contributed by atoms with Gasteiger partial charge in [0.2, 0.25) is 18.7 Å². The second kappa shape index (κ2) is 18.0. The second-order valence-electron chi connectivity index (χ2n) is 15.7. The minimum absolute atomic E-state index is 0. The van der Waals surface area contributed by atoms with E-state index in [1.54, 1.807) is 6.20 Å². The van der Waals surface area contributed by atoms with Crippen LogP contribution in [0.4, 0.5) is 0 Å². The van der Waals surface area contributed by atoms with Gasteiger partial charge in [-0.2, -0.15) is 5.10 Å². The molecule has 0 radical (unpaired) electrons. The minimum Gasteiger partial charge on any atom is -0.379 e.